The van der Waals surface area contributed by atoms with Crippen LogP contribution in [0.5, 0.6) is 0 Å². The Morgan fingerprint density at radius 2 is 1.91 bits per heavy atom. The lowest BCUT2D eigenvalue weighted by Crippen LogP contribution is -2.48. The number of H-pyrrole nitrogens is 1. The van der Waals surface area contributed by atoms with Crippen LogP contribution in [-0.4, -0.2) is 55.9 Å². The van der Waals surface area contributed by atoms with Crippen LogP contribution in [0.3, 0.4) is 0 Å². The van der Waals surface area contributed by atoms with E-state index in [2.05, 4.69) is 25.5 Å². The smallest absolute Gasteiger partial charge is 0.247 e. The van der Waals surface area contributed by atoms with Gasteiger partial charge in [0.25, 0.3) is 0 Å². The number of amides is 1. The molecule has 1 aliphatic heterocycles. The van der Waals surface area contributed by atoms with Crippen molar-refractivity contribution in [3.8, 4) is 22.6 Å². The number of aromatic nitrogens is 5. The average molecular weight is 439 g/mol. The monoisotopic (exact) mass is 439 g/mol. The summed E-state index contributed by atoms with van der Waals surface area (Å²) in [5.41, 5.74) is 2.34. The van der Waals surface area contributed by atoms with Crippen molar-refractivity contribution >= 4 is 17.5 Å². The number of aliphatic hydroxyl groups is 1. The number of anilines is 2. The van der Waals surface area contributed by atoms with Gasteiger partial charge in [0.05, 0.1) is 24.0 Å². The zero-order chi connectivity index (χ0) is 22.7. The molecule has 1 saturated carbocycles. The number of carbonyl (C=O) groups excluding carboxylic acids is 1. The number of nitrogens with one attached hydrogen (secondary N) is 2. The summed E-state index contributed by atoms with van der Waals surface area (Å²) in [7, 11) is 1.00. The molecule has 3 aromatic rings. The van der Waals surface area contributed by atoms with Crippen LogP contribution < -0.4 is 10.2 Å². The van der Waals surface area contributed by atoms with Gasteiger partial charge in [0, 0.05) is 18.7 Å². The van der Waals surface area contributed by atoms with Crippen molar-refractivity contribution in [1.82, 2.24) is 25.1 Å². The summed E-state index contributed by atoms with van der Waals surface area (Å²) in [6.07, 6.45) is 8.32. The van der Waals surface area contributed by atoms with E-state index in [4.69, 9.17) is 10.1 Å². The molecule has 3 N–H and O–H groups in total. The third-order valence-corrected chi connectivity index (χ3v) is 5.86. The Labute approximate surface area is 185 Å². The lowest BCUT2D eigenvalue weighted by Gasteiger charge is -2.37. The first kappa shape index (κ1) is 21.8. The van der Waals surface area contributed by atoms with Crippen molar-refractivity contribution in [1.29, 1.82) is 0 Å². The van der Waals surface area contributed by atoms with Crippen molar-refractivity contribution in [2.75, 3.05) is 23.9 Å². The van der Waals surface area contributed by atoms with Gasteiger partial charge in [-0.3, -0.25) is 14.8 Å². The first-order chi connectivity index (χ1) is 15.6. The summed E-state index contributed by atoms with van der Waals surface area (Å²) in [6.45, 7) is 2.11. The van der Waals surface area contributed by atoms with Gasteiger partial charge in [0.2, 0.25) is 5.91 Å². The highest BCUT2D eigenvalue weighted by atomic mass is 19.1. The summed E-state index contributed by atoms with van der Waals surface area (Å²) >= 11 is 0. The third kappa shape index (κ3) is 4.05. The summed E-state index contributed by atoms with van der Waals surface area (Å²) in [4.78, 5) is 27.8. The van der Waals surface area contributed by atoms with Crippen molar-refractivity contribution in [3.63, 3.8) is 0 Å². The second kappa shape index (κ2) is 9.39. The van der Waals surface area contributed by atoms with Gasteiger partial charge in [-0.25, -0.2) is 19.3 Å². The predicted octanol–water partition coefficient (Wildman–Crippen LogP) is 3.08. The van der Waals surface area contributed by atoms with Gasteiger partial charge in [0.15, 0.2) is 17.5 Å². The van der Waals surface area contributed by atoms with Crippen LogP contribution in [0.4, 0.5) is 16.0 Å². The first-order valence-corrected chi connectivity index (χ1v) is 10.7. The second-order valence-corrected chi connectivity index (χ2v) is 7.82. The highest BCUT2D eigenvalue weighted by molar-refractivity contribution is 6.01. The number of carbonyl (C=O) groups is 1. The van der Waals surface area contributed by atoms with Gasteiger partial charge >= 0.3 is 0 Å². The van der Waals surface area contributed by atoms with Crippen LogP contribution in [0.25, 0.3) is 22.6 Å². The topological polar surface area (TPSA) is 120 Å². The van der Waals surface area contributed by atoms with Gasteiger partial charge < -0.3 is 10.4 Å². The van der Waals surface area contributed by atoms with E-state index in [1.54, 1.807) is 17.2 Å². The van der Waals surface area contributed by atoms with Crippen LogP contribution in [0, 0.1) is 12.7 Å². The van der Waals surface area contributed by atoms with Crippen LogP contribution >= 0.6 is 0 Å². The van der Waals surface area contributed by atoms with Gasteiger partial charge in [-0.15, -0.1) is 0 Å². The molecule has 0 radical (unpaired) electrons. The molecule has 0 bridgehead atoms. The Kier molecular flexibility index (Phi) is 6.40. The quantitative estimate of drug-likeness (QED) is 0.574. The Morgan fingerprint density at radius 1 is 1.12 bits per heavy atom. The van der Waals surface area contributed by atoms with E-state index in [1.165, 1.54) is 18.8 Å². The van der Waals surface area contributed by atoms with E-state index in [-0.39, 0.29) is 18.5 Å². The molecule has 3 heterocycles. The van der Waals surface area contributed by atoms with Crippen LogP contribution in [0.15, 0.2) is 24.7 Å². The molecule has 2 aliphatic rings. The SMILES string of the molecule is CO.Cc1cc(-c2ncn[nH]2)c(F)cc1-c1cnc2c(n1)N(C1CCCCC1)C(=O)CN2. The normalized spacial score (nSPS) is 16.1. The predicted molar refractivity (Wildman–Crippen MR) is 119 cm³/mol. The molecule has 10 heteroatoms. The van der Waals surface area contributed by atoms with E-state index in [1.807, 2.05) is 6.92 Å². The van der Waals surface area contributed by atoms with E-state index in [0.717, 1.165) is 38.4 Å². The molecule has 0 unspecified atom stereocenters. The Morgan fingerprint density at radius 3 is 2.62 bits per heavy atom. The maximum absolute atomic E-state index is 14.8. The number of hydrogen-bond acceptors (Lipinski definition) is 7. The van der Waals surface area contributed by atoms with Gasteiger partial charge in [-0.05, 0) is 37.5 Å². The highest BCUT2D eigenvalue weighted by Gasteiger charge is 2.33. The average Bonchev–Trinajstić information content (AvgIpc) is 3.36. The molecule has 1 aromatic carbocycles. The van der Waals surface area contributed by atoms with Gasteiger partial charge in [-0.2, -0.15) is 5.10 Å². The van der Waals surface area contributed by atoms with Crippen molar-refractivity contribution in [2.24, 2.45) is 0 Å². The summed E-state index contributed by atoms with van der Waals surface area (Å²) in [5.74, 6) is 1.08. The first-order valence-electron chi connectivity index (χ1n) is 10.7. The highest BCUT2D eigenvalue weighted by Crippen LogP contribution is 2.35. The van der Waals surface area contributed by atoms with Crippen LogP contribution in [-0.2, 0) is 4.79 Å². The molecule has 9 nitrogen and oxygen atoms in total. The zero-order valence-electron chi connectivity index (χ0n) is 18.1. The zero-order valence-corrected chi connectivity index (χ0v) is 18.1. The molecular weight excluding hydrogens is 413 g/mol. The maximum Gasteiger partial charge on any atom is 0.247 e. The molecule has 32 heavy (non-hydrogen) atoms. The lowest BCUT2D eigenvalue weighted by molar-refractivity contribution is -0.117. The van der Waals surface area contributed by atoms with Crippen molar-refractivity contribution < 1.29 is 14.3 Å². The minimum atomic E-state index is -0.426. The maximum atomic E-state index is 14.8. The number of halogens is 1. The Hall–Kier alpha value is -3.40. The number of fused-ring (bicyclic) bond motifs is 1. The van der Waals surface area contributed by atoms with E-state index >= 15 is 0 Å². The molecule has 1 fully saturated rings. The summed E-state index contributed by atoms with van der Waals surface area (Å²) < 4.78 is 14.8. The van der Waals surface area contributed by atoms with Crippen LogP contribution in [0.1, 0.15) is 37.7 Å². The van der Waals surface area contributed by atoms with Gasteiger partial charge in [0.1, 0.15) is 12.1 Å². The Balaban J connectivity index is 0.00000119. The molecule has 2 aromatic heterocycles. The van der Waals surface area contributed by atoms with E-state index in [0.29, 0.717) is 34.3 Å². The fraction of sp³-hybridized carbons (Fsp3) is 0.409. The summed E-state index contributed by atoms with van der Waals surface area (Å²) in [5, 5.41) is 16.5. The number of rotatable bonds is 3. The molecule has 1 aliphatic carbocycles. The lowest BCUT2D eigenvalue weighted by atomic mass is 9.93. The minimum Gasteiger partial charge on any atom is -0.400 e. The second-order valence-electron chi connectivity index (χ2n) is 7.82. The summed E-state index contributed by atoms with van der Waals surface area (Å²) in [6, 6.07) is 3.30. The van der Waals surface area contributed by atoms with E-state index in [9.17, 15) is 9.18 Å². The standard InChI is InChI=1S/C21H22FN7O.CH4O/c1-12-7-15(19-25-11-26-28-19)16(22)8-14(12)17-9-23-20-21(27-17)29(18(30)10-24-20)13-5-3-2-4-6-13;1-2/h7-9,11,13H,2-6,10H2,1H3,(H,23,24)(H,25,26,28);2H,1H3. The fourth-order valence-electron chi connectivity index (χ4n) is 4.35. The molecular formula is C22H26FN7O2. The minimum absolute atomic E-state index is 0.00409. The number of benzene rings is 1. The molecule has 0 saturated heterocycles. The van der Waals surface area contributed by atoms with E-state index < -0.39 is 5.82 Å². The Bertz CT molecular complexity index is 1100. The number of aliphatic hydroxyl groups excluding tert-OH is 1. The molecule has 168 valence electrons. The van der Waals surface area contributed by atoms with Crippen molar-refractivity contribution in [3.05, 3.63) is 36.0 Å². The molecule has 0 spiro atoms. The molecule has 1 amide bonds. The molecule has 5 rings (SSSR count). The molecule has 0 atom stereocenters. The largest absolute Gasteiger partial charge is 0.400 e. The van der Waals surface area contributed by atoms with Crippen molar-refractivity contribution in [2.45, 2.75) is 45.1 Å². The third-order valence-electron chi connectivity index (χ3n) is 5.86. The fourth-order valence-corrected chi connectivity index (χ4v) is 4.35. The van der Waals surface area contributed by atoms with Crippen LogP contribution in [0.2, 0.25) is 0 Å². The van der Waals surface area contributed by atoms with Gasteiger partial charge in [-0.1, -0.05) is 19.3 Å². The number of aryl methyl sites for hydroxylation is 1. The number of aromatic amines is 1. The number of nitrogens with zero attached hydrogens (tertiary/aromatic N) is 5. The number of hydrogen-bond donors (Lipinski definition) is 3.